The summed E-state index contributed by atoms with van der Waals surface area (Å²) in [4.78, 5) is 5.92. The van der Waals surface area contributed by atoms with Crippen LogP contribution in [0.15, 0.2) is 198 Å². The Morgan fingerprint density at radius 2 is 1.14 bits per heavy atom. The molecule has 0 saturated heterocycles. The molecule has 0 fully saturated rings. The van der Waals surface area contributed by atoms with Gasteiger partial charge in [-0.25, -0.2) is 0 Å². The van der Waals surface area contributed by atoms with Gasteiger partial charge < -0.3 is 0 Å². The van der Waals surface area contributed by atoms with Crippen molar-refractivity contribution in [2.75, 3.05) is 0 Å². The van der Waals surface area contributed by atoms with Crippen molar-refractivity contribution < 1.29 is 0 Å². The van der Waals surface area contributed by atoms with Crippen molar-refractivity contribution in [2.45, 2.75) is 38.0 Å². The molecule has 1 aliphatic heterocycles. The quantitative estimate of drug-likeness (QED) is 0.157. The van der Waals surface area contributed by atoms with Gasteiger partial charge in [-0.2, -0.15) is 0 Å². The summed E-state index contributed by atoms with van der Waals surface area (Å²) in [5.41, 5.74) is 14.1. The van der Waals surface area contributed by atoms with Crippen molar-refractivity contribution in [1.29, 1.82) is 0 Å². The first-order chi connectivity index (χ1) is 27.8. The highest BCUT2D eigenvalue weighted by Crippen LogP contribution is 2.56. The molecule has 2 aliphatic carbocycles. The molecule has 1 heteroatoms. The largest absolute Gasteiger partial charge is 0.251 e. The monoisotopic (exact) mass is 715 g/mol. The Balaban J connectivity index is 1.17. The molecule has 1 nitrogen and oxygen atoms in total. The lowest BCUT2D eigenvalue weighted by atomic mass is 9.75. The second-order valence-corrected chi connectivity index (χ2v) is 15.6. The van der Waals surface area contributed by atoms with Crippen molar-refractivity contribution in [3.8, 4) is 22.3 Å². The van der Waals surface area contributed by atoms with Crippen molar-refractivity contribution >= 4 is 60.1 Å². The minimum absolute atomic E-state index is 0.0720. The average Bonchev–Trinajstić information content (AvgIpc) is 3.47. The topological polar surface area (TPSA) is 12.4 Å². The zero-order chi connectivity index (χ0) is 37.0. The molecule has 1 heterocycles. The highest BCUT2D eigenvalue weighted by molar-refractivity contribution is 6.21. The van der Waals surface area contributed by atoms with Gasteiger partial charge in [-0.1, -0.05) is 175 Å². The number of rotatable bonds is 5. The number of fused-ring (bicyclic) bond motifs is 5. The number of benzene rings is 8. The van der Waals surface area contributed by atoms with E-state index in [1.165, 1.54) is 112 Å². The molecule has 0 aromatic heterocycles. The summed E-state index contributed by atoms with van der Waals surface area (Å²) in [7, 11) is 0. The minimum atomic E-state index is 0.0720. The van der Waals surface area contributed by atoms with Gasteiger partial charge in [0.25, 0.3) is 0 Å². The lowest BCUT2D eigenvalue weighted by Gasteiger charge is -2.26. The summed E-state index contributed by atoms with van der Waals surface area (Å²) in [6.07, 6.45) is 17.4. The maximum atomic E-state index is 5.92. The van der Waals surface area contributed by atoms with E-state index in [4.69, 9.17) is 4.99 Å². The molecule has 0 N–H and O–H groups in total. The van der Waals surface area contributed by atoms with E-state index in [0.29, 0.717) is 0 Å². The smallest absolute Gasteiger partial charge is 0.0766 e. The van der Waals surface area contributed by atoms with Crippen molar-refractivity contribution in [1.82, 2.24) is 0 Å². The number of hydrogen-bond donors (Lipinski definition) is 0. The Kier molecular flexibility index (Phi) is 7.98. The van der Waals surface area contributed by atoms with E-state index >= 15 is 0 Å². The summed E-state index contributed by atoms with van der Waals surface area (Å²) < 4.78 is 0. The van der Waals surface area contributed by atoms with Crippen LogP contribution in [0.1, 0.15) is 49.1 Å². The molecule has 8 aromatic carbocycles. The lowest BCUT2D eigenvalue weighted by molar-refractivity contribution is 0.681. The van der Waals surface area contributed by atoms with E-state index in [9.17, 15) is 0 Å². The predicted molar refractivity (Wildman–Crippen MR) is 240 cm³/mol. The molecule has 1 atom stereocenters. The molecule has 3 aliphatic rings. The first-order valence-corrected chi connectivity index (χ1v) is 20.2. The number of allylic oxidation sites excluding steroid dienone is 8. The molecule has 56 heavy (non-hydrogen) atoms. The highest BCUT2D eigenvalue weighted by Gasteiger charge is 2.38. The summed E-state index contributed by atoms with van der Waals surface area (Å²) in [6.45, 7) is 0. The van der Waals surface area contributed by atoms with Crippen LogP contribution >= 0.6 is 0 Å². The van der Waals surface area contributed by atoms with Gasteiger partial charge in [-0.3, -0.25) is 4.99 Å². The second kappa shape index (κ2) is 13.6. The summed E-state index contributed by atoms with van der Waals surface area (Å²) in [5, 5.41) is 10.1. The molecule has 1 unspecified atom stereocenters. The molecule has 0 radical (unpaired) electrons. The van der Waals surface area contributed by atoms with Crippen LogP contribution < -0.4 is 0 Å². The van der Waals surface area contributed by atoms with Crippen LogP contribution in [0.5, 0.6) is 0 Å². The Morgan fingerprint density at radius 1 is 0.518 bits per heavy atom. The number of nitrogens with zero attached hydrogens (tertiary/aromatic N) is 1. The van der Waals surface area contributed by atoms with Gasteiger partial charge in [-0.15, -0.1) is 0 Å². The normalized spacial score (nSPS) is 16.8. The number of hydrogen-bond acceptors (Lipinski definition) is 1. The van der Waals surface area contributed by atoms with E-state index < -0.39 is 0 Å². The Morgan fingerprint density at radius 3 is 1.86 bits per heavy atom. The Bertz CT molecular complexity index is 3050. The highest BCUT2D eigenvalue weighted by atomic mass is 14.8. The molecule has 0 bridgehead atoms. The molecule has 11 rings (SSSR count). The van der Waals surface area contributed by atoms with Gasteiger partial charge in [-0.05, 0) is 121 Å². The minimum Gasteiger partial charge on any atom is -0.251 e. The Hall–Kier alpha value is -6.57. The van der Waals surface area contributed by atoms with E-state index in [0.717, 1.165) is 24.9 Å². The van der Waals surface area contributed by atoms with Crippen LogP contribution in [0.2, 0.25) is 0 Å². The zero-order valence-electron chi connectivity index (χ0n) is 31.4. The molecular formula is C55H41N. The van der Waals surface area contributed by atoms with Crippen LogP contribution in [0, 0.1) is 0 Å². The van der Waals surface area contributed by atoms with Crippen LogP contribution in [-0.2, 0) is 0 Å². The third kappa shape index (κ3) is 5.49. The molecule has 8 aromatic rings. The van der Waals surface area contributed by atoms with Crippen molar-refractivity contribution in [3.63, 3.8) is 0 Å². The van der Waals surface area contributed by atoms with Gasteiger partial charge in [0.1, 0.15) is 0 Å². The third-order valence-corrected chi connectivity index (χ3v) is 12.3. The Labute approximate surface area is 328 Å². The molecular weight excluding hydrogens is 675 g/mol. The lowest BCUT2D eigenvalue weighted by Crippen LogP contribution is -2.16. The van der Waals surface area contributed by atoms with E-state index in [-0.39, 0.29) is 5.92 Å². The van der Waals surface area contributed by atoms with Gasteiger partial charge in [0.05, 0.1) is 17.3 Å². The van der Waals surface area contributed by atoms with Gasteiger partial charge in [0.2, 0.25) is 0 Å². The number of aliphatic imine (C=N–C) groups is 1. The van der Waals surface area contributed by atoms with Crippen LogP contribution in [-0.4, -0.2) is 5.71 Å². The predicted octanol–water partition coefficient (Wildman–Crippen LogP) is 15.3. The fourth-order valence-corrected chi connectivity index (χ4v) is 9.69. The first kappa shape index (κ1) is 32.8. The van der Waals surface area contributed by atoms with Gasteiger partial charge >= 0.3 is 0 Å². The fraction of sp³-hybridized carbons (Fsp3) is 0.109. The van der Waals surface area contributed by atoms with E-state index in [1.807, 2.05) is 0 Å². The SMILES string of the molecule is C1=CC(c2cccc3ccccc23)=CCC(C2=Nc3c(c(-c4ccc5ccccc5c4)c4ccccc4c3-c3ccc4ccccc4c3)C2C2=CCCCC2)=C1. The molecule has 0 amide bonds. The maximum Gasteiger partial charge on any atom is 0.0766 e. The maximum absolute atomic E-state index is 5.92. The van der Waals surface area contributed by atoms with Crippen molar-refractivity contribution in [2.24, 2.45) is 4.99 Å². The summed E-state index contributed by atoms with van der Waals surface area (Å²) in [6, 6.07) is 55.9. The third-order valence-electron chi connectivity index (χ3n) is 12.3. The molecule has 0 saturated carbocycles. The van der Waals surface area contributed by atoms with E-state index in [2.05, 4.69) is 182 Å². The second-order valence-electron chi connectivity index (χ2n) is 15.6. The van der Waals surface area contributed by atoms with Gasteiger partial charge in [0.15, 0.2) is 0 Å². The van der Waals surface area contributed by atoms with Crippen LogP contribution in [0.25, 0.3) is 70.9 Å². The fourth-order valence-electron chi connectivity index (χ4n) is 9.69. The average molecular weight is 716 g/mol. The first-order valence-electron chi connectivity index (χ1n) is 20.2. The van der Waals surface area contributed by atoms with Crippen molar-refractivity contribution in [3.05, 3.63) is 204 Å². The van der Waals surface area contributed by atoms with E-state index in [1.54, 1.807) is 0 Å². The van der Waals surface area contributed by atoms with Crippen LogP contribution in [0.3, 0.4) is 0 Å². The summed E-state index contributed by atoms with van der Waals surface area (Å²) >= 11 is 0. The molecule has 0 spiro atoms. The van der Waals surface area contributed by atoms with Crippen LogP contribution in [0.4, 0.5) is 5.69 Å². The van der Waals surface area contributed by atoms with Gasteiger partial charge in [0, 0.05) is 11.1 Å². The standard InChI is InChI=1S/C55H41N/c1-2-17-40(18-3-1)52-53-50(44-32-28-36-14-4-6-19-42(36)34-44)48-25-10-11-26-49(48)51(45-33-29-37-15-5-7-20-43(37)35-45)55(53)56-54(52)41-23-12-21-39(30-31-41)47-27-13-22-38-16-8-9-24-46(38)47/h4-17,19-30,32-35,52H,1-3,18,31H2. The zero-order valence-corrected chi connectivity index (χ0v) is 31.4. The molecule has 266 valence electrons. The summed E-state index contributed by atoms with van der Waals surface area (Å²) in [5.74, 6) is 0.0720.